The molecule has 1 aromatic carbocycles. The number of rotatable bonds is 6. The number of guanidine groups is 1. The quantitative estimate of drug-likeness (QED) is 0.567. The fourth-order valence-electron chi connectivity index (χ4n) is 3.17. The number of hydrogen-bond acceptors (Lipinski definition) is 5. The van der Waals surface area contributed by atoms with Crippen LogP contribution in [0.15, 0.2) is 41.5 Å². The Morgan fingerprint density at radius 3 is 2.66 bits per heavy atom. The minimum absolute atomic E-state index is 0.196. The molecule has 0 spiro atoms. The number of nitrogens with one attached hydrogen (secondary N) is 1. The third-order valence-electron chi connectivity index (χ3n) is 4.77. The maximum atomic E-state index is 11.7. The van der Waals surface area contributed by atoms with Gasteiger partial charge in [0.2, 0.25) is 0 Å². The highest BCUT2D eigenvalue weighted by Gasteiger charge is 2.23. The smallest absolute Gasteiger partial charge is 0.409 e. The van der Waals surface area contributed by atoms with Crippen molar-refractivity contribution in [2.45, 2.75) is 32.4 Å². The third kappa shape index (κ3) is 5.63. The molecular weight excluding hydrogens is 372 g/mol. The van der Waals surface area contributed by atoms with Crippen molar-refractivity contribution in [1.82, 2.24) is 20.0 Å². The molecule has 9 nitrogen and oxygen atoms in total. The maximum Gasteiger partial charge on any atom is 0.409 e. The number of piperidine rings is 1. The second kappa shape index (κ2) is 9.81. The van der Waals surface area contributed by atoms with Gasteiger partial charge in [-0.25, -0.2) is 14.5 Å². The van der Waals surface area contributed by atoms with Crippen LogP contribution in [-0.2, 0) is 11.3 Å². The number of methoxy groups -OCH3 is 1. The van der Waals surface area contributed by atoms with Gasteiger partial charge in [0.25, 0.3) is 0 Å². The van der Waals surface area contributed by atoms with Gasteiger partial charge < -0.3 is 25.4 Å². The lowest BCUT2D eigenvalue weighted by atomic mass is 10.1. The number of nitrogens with two attached hydrogens (primary N) is 1. The highest BCUT2D eigenvalue weighted by molar-refractivity contribution is 5.78. The second-order valence-corrected chi connectivity index (χ2v) is 6.76. The van der Waals surface area contributed by atoms with Crippen LogP contribution in [0.5, 0.6) is 5.75 Å². The van der Waals surface area contributed by atoms with Gasteiger partial charge in [-0.15, -0.1) is 0 Å². The van der Waals surface area contributed by atoms with Gasteiger partial charge in [0.1, 0.15) is 5.75 Å². The summed E-state index contributed by atoms with van der Waals surface area (Å²) in [4.78, 5) is 17.9. The van der Waals surface area contributed by atoms with Gasteiger partial charge in [0.05, 0.1) is 31.6 Å². The van der Waals surface area contributed by atoms with Gasteiger partial charge >= 0.3 is 6.09 Å². The number of carbonyl (C=O) groups excluding carboxylic acids is 1. The number of hydrogen-bond donors (Lipinski definition) is 2. The number of benzene rings is 1. The van der Waals surface area contributed by atoms with E-state index in [-0.39, 0.29) is 12.1 Å². The van der Waals surface area contributed by atoms with Crippen molar-refractivity contribution in [3.05, 3.63) is 42.2 Å². The molecule has 29 heavy (non-hydrogen) atoms. The van der Waals surface area contributed by atoms with Crippen LogP contribution in [0.4, 0.5) is 4.79 Å². The standard InChI is InChI=1S/C20H28N6O3/c1-3-29-20(27)25-11-8-15(9-12-25)23-19(21)22-14-16-10-13-26(24-16)17-4-6-18(28-2)7-5-17/h4-7,10,13,15H,3,8-9,11-12,14H2,1-2H3,(H3,21,22,23). The molecule has 1 aliphatic heterocycles. The summed E-state index contributed by atoms with van der Waals surface area (Å²) >= 11 is 0. The Hall–Kier alpha value is -3.23. The molecule has 0 aliphatic carbocycles. The first-order valence-electron chi connectivity index (χ1n) is 9.76. The number of nitrogens with zero attached hydrogens (tertiary/aromatic N) is 4. The minimum atomic E-state index is -0.250. The first kappa shape index (κ1) is 20.5. The number of likely N-dealkylation sites (tertiary alicyclic amines) is 1. The Kier molecular flexibility index (Phi) is 6.94. The third-order valence-corrected chi connectivity index (χ3v) is 4.77. The average Bonchev–Trinajstić information content (AvgIpc) is 3.22. The monoisotopic (exact) mass is 400 g/mol. The van der Waals surface area contributed by atoms with E-state index in [9.17, 15) is 4.79 Å². The van der Waals surface area contributed by atoms with E-state index in [4.69, 9.17) is 15.2 Å². The van der Waals surface area contributed by atoms with Crippen LogP contribution >= 0.6 is 0 Å². The molecular formula is C20H28N6O3. The first-order valence-corrected chi connectivity index (χ1v) is 9.76. The van der Waals surface area contributed by atoms with Gasteiger partial charge in [-0.1, -0.05) is 0 Å². The van der Waals surface area contributed by atoms with E-state index in [1.165, 1.54) is 0 Å². The lowest BCUT2D eigenvalue weighted by Crippen LogP contribution is -2.48. The van der Waals surface area contributed by atoms with Crippen LogP contribution in [-0.4, -0.2) is 59.6 Å². The first-order chi connectivity index (χ1) is 14.1. The van der Waals surface area contributed by atoms with Crippen LogP contribution in [0.2, 0.25) is 0 Å². The second-order valence-electron chi connectivity index (χ2n) is 6.76. The number of ether oxygens (including phenoxy) is 2. The summed E-state index contributed by atoms with van der Waals surface area (Å²) in [7, 11) is 1.64. The Labute approximate surface area is 170 Å². The average molecular weight is 400 g/mol. The Morgan fingerprint density at radius 2 is 2.00 bits per heavy atom. The topological polar surface area (TPSA) is 107 Å². The van der Waals surface area contributed by atoms with Crippen LogP contribution in [0.3, 0.4) is 0 Å². The normalized spacial score (nSPS) is 15.2. The van der Waals surface area contributed by atoms with Crippen LogP contribution in [0, 0.1) is 0 Å². The van der Waals surface area contributed by atoms with E-state index in [1.54, 1.807) is 16.7 Å². The van der Waals surface area contributed by atoms with E-state index in [0.29, 0.717) is 32.2 Å². The largest absolute Gasteiger partial charge is 0.497 e. The van der Waals surface area contributed by atoms with Crippen LogP contribution < -0.4 is 15.8 Å². The highest BCUT2D eigenvalue weighted by Crippen LogP contribution is 2.15. The summed E-state index contributed by atoms with van der Waals surface area (Å²) in [5, 5.41) is 7.76. The molecule has 1 aromatic heterocycles. The molecule has 1 fully saturated rings. The fourth-order valence-corrected chi connectivity index (χ4v) is 3.17. The summed E-state index contributed by atoms with van der Waals surface area (Å²) < 4.78 is 12.0. The highest BCUT2D eigenvalue weighted by atomic mass is 16.6. The van der Waals surface area contributed by atoms with Gasteiger partial charge in [-0.2, -0.15) is 5.10 Å². The number of aliphatic imine (C=N–C) groups is 1. The molecule has 2 aromatic rings. The summed E-state index contributed by atoms with van der Waals surface area (Å²) in [5.41, 5.74) is 7.80. The van der Waals surface area contributed by atoms with E-state index < -0.39 is 0 Å². The molecule has 3 rings (SSSR count). The van der Waals surface area contributed by atoms with Crippen molar-refractivity contribution >= 4 is 12.1 Å². The molecule has 9 heteroatoms. The molecule has 0 saturated carbocycles. The van der Waals surface area contributed by atoms with Crippen molar-refractivity contribution in [2.75, 3.05) is 26.8 Å². The van der Waals surface area contributed by atoms with Gasteiger partial charge in [-0.3, -0.25) is 0 Å². The summed E-state index contributed by atoms with van der Waals surface area (Å²) in [6.07, 6.45) is 3.25. The lowest BCUT2D eigenvalue weighted by Gasteiger charge is -2.31. The molecule has 0 unspecified atom stereocenters. The van der Waals surface area contributed by atoms with Crippen LogP contribution in [0.1, 0.15) is 25.5 Å². The number of carbonyl (C=O) groups is 1. The molecule has 0 atom stereocenters. The molecule has 1 amide bonds. The fraction of sp³-hybridized carbons (Fsp3) is 0.450. The van der Waals surface area contributed by atoms with Crippen molar-refractivity contribution in [3.63, 3.8) is 0 Å². The number of amides is 1. The van der Waals surface area contributed by atoms with E-state index >= 15 is 0 Å². The molecule has 0 bridgehead atoms. The molecule has 156 valence electrons. The Bertz CT molecular complexity index is 825. The molecule has 2 heterocycles. The molecule has 3 N–H and O–H groups in total. The zero-order valence-electron chi connectivity index (χ0n) is 16.9. The van der Waals surface area contributed by atoms with Crippen molar-refractivity contribution in [3.8, 4) is 11.4 Å². The minimum Gasteiger partial charge on any atom is -0.497 e. The summed E-state index contributed by atoms with van der Waals surface area (Å²) in [6, 6.07) is 9.78. The number of aromatic nitrogens is 2. The predicted octanol–water partition coefficient (Wildman–Crippen LogP) is 1.91. The van der Waals surface area contributed by atoms with Gasteiger partial charge in [-0.05, 0) is 50.1 Å². The predicted molar refractivity (Wildman–Crippen MR) is 110 cm³/mol. The van der Waals surface area contributed by atoms with Gasteiger partial charge in [0, 0.05) is 25.3 Å². The van der Waals surface area contributed by atoms with Crippen LogP contribution in [0.25, 0.3) is 5.69 Å². The van der Waals surface area contributed by atoms with E-state index in [2.05, 4.69) is 15.4 Å². The summed E-state index contributed by atoms with van der Waals surface area (Å²) in [5.74, 6) is 1.19. The van der Waals surface area contributed by atoms with E-state index in [1.807, 2.05) is 43.5 Å². The molecule has 1 aliphatic rings. The van der Waals surface area contributed by atoms with E-state index in [0.717, 1.165) is 30.0 Å². The lowest BCUT2D eigenvalue weighted by molar-refractivity contribution is 0.0963. The summed E-state index contributed by atoms with van der Waals surface area (Å²) in [6.45, 7) is 3.89. The molecule has 1 saturated heterocycles. The van der Waals surface area contributed by atoms with Crippen molar-refractivity contribution < 1.29 is 14.3 Å². The Balaban J connectivity index is 1.48. The zero-order chi connectivity index (χ0) is 20.6. The maximum absolute atomic E-state index is 11.7. The van der Waals surface area contributed by atoms with Gasteiger partial charge in [0.15, 0.2) is 5.96 Å². The SMILES string of the molecule is CCOC(=O)N1CCC(NC(N)=NCc2ccn(-c3ccc(OC)cc3)n2)CC1. The van der Waals surface area contributed by atoms with Crippen molar-refractivity contribution in [1.29, 1.82) is 0 Å². The molecule has 0 radical (unpaired) electrons. The zero-order valence-corrected chi connectivity index (χ0v) is 16.9. The van der Waals surface area contributed by atoms with Crippen molar-refractivity contribution in [2.24, 2.45) is 10.7 Å². The Morgan fingerprint density at radius 1 is 1.28 bits per heavy atom.